The fourth-order valence-corrected chi connectivity index (χ4v) is 2.98. The number of aliphatic hydroxyl groups is 2. The number of halogens is 1. The number of hydrogen-bond donors (Lipinski definition) is 2. The molecule has 0 saturated heterocycles. The van der Waals surface area contributed by atoms with Crippen LogP contribution in [0.2, 0.25) is 18.1 Å². The van der Waals surface area contributed by atoms with Gasteiger partial charge in [-0.1, -0.05) is 50.5 Å². The van der Waals surface area contributed by atoms with Crippen LogP contribution in [0.1, 0.15) is 34.6 Å². The van der Waals surface area contributed by atoms with Crippen molar-refractivity contribution >= 4 is 24.2 Å². The third-order valence-corrected chi connectivity index (χ3v) is 9.45. The van der Waals surface area contributed by atoms with Crippen LogP contribution >= 0.6 is 15.9 Å². The van der Waals surface area contributed by atoms with Gasteiger partial charge in [-0.25, -0.2) is 0 Å². The van der Waals surface area contributed by atoms with Crippen molar-refractivity contribution < 1.29 is 14.6 Å². The van der Waals surface area contributed by atoms with E-state index in [1.54, 1.807) is 0 Å². The van der Waals surface area contributed by atoms with Gasteiger partial charge in [0.2, 0.25) is 0 Å². The molecule has 0 saturated carbocycles. The standard InChI is InChI=1S/C13H29BrO3Si/c1-9(2)12(16)11(14)10(15)8-17-18(6,7)13(3,4)5/h9-12,15-16H,8H2,1-7H3/t10-,11-,12-/m0/s1. The van der Waals surface area contributed by atoms with Crippen LogP contribution in [0.4, 0.5) is 0 Å². The number of hydrogen-bond acceptors (Lipinski definition) is 3. The maximum atomic E-state index is 10.1. The molecule has 0 fully saturated rings. The maximum Gasteiger partial charge on any atom is 0.192 e. The molecule has 0 aromatic carbocycles. The molecule has 0 spiro atoms. The summed E-state index contributed by atoms with van der Waals surface area (Å²) in [5.74, 6) is 0.108. The van der Waals surface area contributed by atoms with Gasteiger partial charge in [-0.3, -0.25) is 0 Å². The molecule has 18 heavy (non-hydrogen) atoms. The summed E-state index contributed by atoms with van der Waals surface area (Å²) < 4.78 is 5.95. The fraction of sp³-hybridized carbons (Fsp3) is 1.00. The van der Waals surface area contributed by atoms with Crippen molar-refractivity contribution in [2.75, 3.05) is 6.61 Å². The highest BCUT2D eigenvalue weighted by Crippen LogP contribution is 2.36. The third kappa shape index (κ3) is 5.29. The predicted molar refractivity (Wildman–Crippen MR) is 82.7 cm³/mol. The second-order valence-corrected chi connectivity index (χ2v) is 12.7. The van der Waals surface area contributed by atoms with Crippen molar-refractivity contribution in [1.29, 1.82) is 0 Å². The van der Waals surface area contributed by atoms with Crippen molar-refractivity contribution in [1.82, 2.24) is 0 Å². The van der Waals surface area contributed by atoms with Crippen molar-refractivity contribution in [3.63, 3.8) is 0 Å². The third-order valence-electron chi connectivity index (χ3n) is 3.80. The number of alkyl halides is 1. The van der Waals surface area contributed by atoms with E-state index < -0.39 is 20.5 Å². The highest BCUT2D eigenvalue weighted by Gasteiger charge is 2.38. The first kappa shape index (κ1) is 18.6. The highest BCUT2D eigenvalue weighted by molar-refractivity contribution is 9.09. The molecule has 0 amide bonds. The monoisotopic (exact) mass is 340 g/mol. The number of rotatable bonds is 6. The molecule has 0 aliphatic carbocycles. The zero-order valence-corrected chi connectivity index (χ0v) is 15.3. The molecule has 0 rings (SSSR count). The van der Waals surface area contributed by atoms with Gasteiger partial charge in [0.15, 0.2) is 8.32 Å². The van der Waals surface area contributed by atoms with E-state index in [4.69, 9.17) is 4.43 Å². The molecule has 2 N–H and O–H groups in total. The summed E-state index contributed by atoms with van der Waals surface area (Å²) in [5, 5.41) is 20.1. The van der Waals surface area contributed by atoms with Gasteiger partial charge in [0, 0.05) is 0 Å². The summed E-state index contributed by atoms with van der Waals surface area (Å²) in [6.07, 6.45) is -1.25. The average molecular weight is 341 g/mol. The van der Waals surface area contributed by atoms with Gasteiger partial charge >= 0.3 is 0 Å². The zero-order chi connectivity index (χ0) is 14.7. The lowest BCUT2D eigenvalue weighted by Crippen LogP contribution is -2.45. The molecule has 0 aromatic rings. The Morgan fingerprint density at radius 1 is 1.17 bits per heavy atom. The molecule has 0 unspecified atom stereocenters. The van der Waals surface area contributed by atoms with Gasteiger partial charge in [-0.15, -0.1) is 0 Å². The van der Waals surface area contributed by atoms with Crippen LogP contribution in [0.25, 0.3) is 0 Å². The van der Waals surface area contributed by atoms with E-state index in [-0.39, 0.29) is 22.4 Å². The van der Waals surface area contributed by atoms with E-state index in [0.29, 0.717) is 0 Å². The second-order valence-electron chi connectivity index (χ2n) is 6.82. The van der Waals surface area contributed by atoms with Gasteiger partial charge in [-0.05, 0) is 24.1 Å². The van der Waals surface area contributed by atoms with E-state index in [2.05, 4.69) is 49.8 Å². The van der Waals surface area contributed by atoms with Crippen molar-refractivity contribution in [3.8, 4) is 0 Å². The van der Waals surface area contributed by atoms with E-state index >= 15 is 0 Å². The van der Waals surface area contributed by atoms with E-state index in [1.807, 2.05) is 13.8 Å². The van der Waals surface area contributed by atoms with Gasteiger partial charge in [-0.2, -0.15) is 0 Å². The molecule has 3 atom stereocenters. The van der Waals surface area contributed by atoms with Gasteiger partial charge in [0.25, 0.3) is 0 Å². The molecule has 0 radical (unpaired) electrons. The first-order valence-electron chi connectivity index (χ1n) is 6.54. The first-order valence-corrected chi connectivity index (χ1v) is 10.4. The van der Waals surface area contributed by atoms with E-state index in [9.17, 15) is 10.2 Å². The highest BCUT2D eigenvalue weighted by atomic mass is 79.9. The topological polar surface area (TPSA) is 49.7 Å². The summed E-state index contributed by atoms with van der Waals surface area (Å²) >= 11 is 3.36. The molecule has 5 heteroatoms. The quantitative estimate of drug-likeness (QED) is 0.576. The summed E-state index contributed by atoms with van der Waals surface area (Å²) in [4.78, 5) is -0.345. The Kier molecular flexibility index (Phi) is 7.06. The summed E-state index contributed by atoms with van der Waals surface area (Å²) in [6, 6.07) is 0. The van der Waals surface area contributed by atoms with E-state index in [1.165, 1.54) is 0 Å². The summed E-state index contributed by atoms with van der Waals surface area (Å²) in [6.45, 7) is 14.9. The first-order chi connectivity index (χ1) is 7.90. The van der Waals surface area contributed by atoms with Crippen LogP contribution in [0.5, 0.6) is 0 Å². The maximum absolute atomic E-state index is 10.1. The molecule has 0 bridgehead atoms. The number of aliphatic hydroxyl groups excluding tert-OH is 2. The van der Waals surface area contributed by atoms with Crippen LogP contribution in [0, 0.1) is 5.92 Å². The van der Waals surface area contributed by atoms with Crippen molar-refractivity contribution in [3.05, 3.63) is 0 Å². The minimum atomic E-state index is -1.84. The average Bonchev–Trinajstić information content (AvgIpc) is 2.22. The smallest absolute Gasteiger partial charge is 0.192 e. The minimum Gasteiger partial charge on any atom is -0.414 e. The fourth-order valence-electron chi connectivity index (χ4n) is 1.20. The molecule has 0 heterocycles. The molecule has 0 aromatic heterocycles. The molecular formula is C13H29BrO3Si. The molecule has 0 aliphatic rings. The van der Waals surface area contributed by atoms with Crippen LogP contribution < -0.4 is 0 Å². The Labute approximate surface area is 121 Å². The van der Waals surface area contributed by atoms with Crippen molar-refractivity contribution in [2.24, 2.45) is 5.92 Å². The Bertz CT molecular complexity index is 251. The lowest BCUT2D eigenvalue weighted by atomic mass is 10.0. The normalized spacial score (nSPS) is 18.8. The van der Waals surface area contributed by atoms with Crippen LogP contribution in [-0.4, -0.2) is 42.2 Å². The van der Waals surface area contributed by atoms with Crippen LogP contribution in [0.3, 0.4) is 0 Å². The SMILES string of the molecule is CC(C)[C@H](O)[C@@H](Br)[C@@H](O)CO[Si](C)(C)C(C)(C)C. The summed E-state index contributed by atoms with van der Waals surface area (Å²) in [5.41, 5.74) is 0. The zero-order valence-electron chi connectivity index (χ0n) is 12.7. The molecule has 0 aliphatic heterocycles. The Morgan fingerprint density at radius 3 is 1.94 bits per heavy atom. The predicted octanol–water partition coefficient (Wildman–Crippen LogP) is 3.15. The second kappa shape index (κ2) is 6.84. The van der Waals surface area contributed by atoms with Crippen molar-refractivity contribution in [2.45, 2.75) is 69.8 Å². The van der Waals surface area contributed by atoms with Gasteiger partial charge < -0.3 is 14.6 Å². The van der Waals surface area contributed by atoms with Crippen LogP contribution in [0.15, 0.2) is 0 Å². The lowest BCUT2D eigenvalue weighted by Gasteiger charge is -2.37. The van der Waals surface area contributed by atoms with Crippen LogP contribution in [-0.2, 0) is 4.43 Å². The largest absolute Gasteiger partial charge is 0.414 e. The minimum absolute atomic E-state index is 0.108. The lowest BCUT2D eigenvalue weighted by molar-refractivity contribution is 0.0369. The molecule has 3 nitrogen and oxygen atoms in total. The Balaban J connectivity index is 4.39. The molecule has 110 valence electrons. The van der Waals surface area contributed by atoms with E-state index in [0.717, 1.165) is 0 Å². The Hall–Kier alpha value is 0.577. The summed E-state index contributed by atoms with van der Waals surface area (Å²) in [7, 11) is -1.84. The van der Waals surface area contributed by atoms with Gasteiger partial charge in [0.1, 0.15) is 0 Å². The molecular weight excluding hydrogens is 312 g/mol. The Morgan fingerprint density at radius 2 is 1.61 bits per heavy atom. The van der Waals surface area contributed by atoms with Gasteiger partial charge in [0.05, 0.1) is 23.6 Å².